The number of benzene rings is 2. The molecule has 4 nitrogen and oxygen atoms in total. The second kappa shape index (κ2) is 4.31. The van der Waals surface area contributed by atoms with Crippen molar-refractivity contribution in [2.75, 3.05) is 0 Å². The van der Waals surface area contributed by atoms with Gasteiger partial charge in [0.25, 0.3) is 0 Å². The zero-order valence-corrected chi connectivity index (χ0v) is 10.0. The summed E-state index contributed by atoms with van der Waals surface area (Å²) in [6, 6.07) is 11.2. The van der Waals surface area contributed by atoms with Crippen LogP contribution in [0.2, 0.25) is 0 Å². The molecule has 0 saturated carbocycles. The summed E-state index contributed by atoms with van der Waals surface area (Å²) in [5, 5.41) is 18.9. The maximum absolute atomic E-state index is 12.1. The molecule has 0 amide bonds. The summed E-state index contributed by atoms with van der Waals surface area (Å²) in [5.74, 6) is 0.714. The number of carbonyl (C=O) groups is 1. The van der Waals surface area contributed by atoms with Crippen LogP contribution in [0.3, 0.4) is 0 Å². The Labute approximate surface area is 109 Å². The molecule has 2 N–H and O–H groups in total. The summed E-state index contributed by atoms with van der Waals surface area (Å²) in [6.07, 6.45) is -0.492. The lowest BCUT2D eigenvalue weighted by Gasteiger charge is -2.25. The zero-order valence-electron chi connectivity index (χ0n) is 10.0. The molecule has 0 aromatic heterocycles. The van der Waals surface area contributed by atoms with Gasteiger partial charge in [0.05, 0.1) is 0 Å². The van der Waals surface area contributed by atoms with E-state index in [9.17, 15) is 15.0 Å². The second-order valence-electron chi connectivity index (χ2n) is 4.53. The van der Waals surface area contributed by atoms with Gasteiger partial charge in [-0.05, 0) is 30.3 Å². The summed E-state index contributed by atoms with van der Waals surface area (Å²) >= 11 is 0. The molecule has 0 aliphatic carbocycles. The third-order valence-corrected chi connectivity index (χ3v) is 3.12. The van der Waals surface area contributed by atoms with Crippen LogP contribution < -0.4 is 4.74 Å². The SMILES string of the molecule is O=C1Cc2cc(O)ccc2OC1c1cccc(O)c1. The molecule has 0 spiro atoms. The number of Topliss-reactive ketones (excluding diaryl/α,β-unsaturated/α-hetero) is 1. The van der Waals surface area contributed by atoms with Gasteiger partial charge in [0, 0.05) is 17.5 Å². The molecule has 1 unspecified atom stereocenters. The van der Waals surface area contributed by atoms with Crippen LogP contribution in [0.1, 0.15) is 17.2 Å². The highest BCUT2D eigenvalue weighted by molar-refractivity contribution is 5.89. The largest absolute Gasteiger partial charge is 0.508 e. The predicted molar refractivity (Wildman–Crippen MR) is 68.3 cm³/mol. The minimum atomic E-state index is -0.704. The standard InChI is InChI=1S/C15H12O4/c16-11-3-1-2-9(6-11)15-13(18)8-10-7-12(17)4-5-14(10)19-15/h1-7,15-17H,8H2. The van der Waals surface area contributed by atoms with E-state index in [1.54, 1.807) is 24.3 Å². The molecule has 0 radical (unpaired) electrons. The van der Waals surface area contributed by atoms with E-state index in [-0.39, 0.29) is 23.7 Å². The molecule has 1 heterocycles. The molecule has 4 heteroatoms. The number of hydrogen-bond acceptors (Lipinski definition) is 4. The average Bonchev–Trinajstić information content (AvgIpc) is 2.37. The number of hydrogen-bond donors (Lipinski definition) is 2. The Kier molecular flexibility index (Phi) is 2.63. The third kappa shape index (κ3) is 2.12. The van der Waals surface area contributed by atoms with Crippen molar-refractivity contribution >= 4 is 5.78 Å². The van der Waals surface area contributed by atoms with Gasteiger partial charge in [0.1, 0.15) is 17.2 Å². The molecule has 1 atom stereocenters. The minimum absolute atomic E-state index is 0.0938. The molecule has 2 aromatic carbocycles. The summed E-state index contributed by atoms with van der Waals surface area (Å²) < 4.78 is 5.67. The molecule has 1 aliphatic rings. The molecular formula is C15H12O4. The highest BCUT2D eigenvalue weighted by Gasteiger charge is 2.29. The van der Waals surface area contributed by atoms with Gasteiger partial charge in [0.2, 0.25) is 0 Å². The van der Waals surface area contributed by atoms with E-state index in [1.165, 1.54) is 18.2 Å². The topological polar surface area (TPSA) is 66.8 Å². The monoisotopic (exact) mass is 256 g/mol. The Balaban J connectivity index is 1.98. The lowest BCUT2D eigenvalue weighted by molar-refractivity contribution is -0.126. The van der Waals surface area contributed by atoms with Crippen LogP contribution in [0, 0.1) is 0 Å². The molecule has 0 saturated heterocycles. The van der Waals surface area contributed by atoms with Crippen molar-refractivity contribution in [3.63, 3.8) is 0 Å². The first-order valence-electron chi connectivity index (χ1n) is 5.94. The van der Waals surface area contributed by atoms with Crippen LogP contribution in [0.15, 0.2) is 42.5 Å². The van der Waals surface area contributed by atoms with Crippen LogP contribution in [0.5, 0.6) is 17.2 Å². The maximum atomic E-state index is 12.1. The molecular weight excluding hydrogens is 244 g/mol. The van der Waals surface area contributed by atoms with Crippen LogP contribution in [0.25, 0.3) is 0 Å². The highest BCUT2D eigenvalue weighted by atomic mass is 16.5. The van der Waals surface area contributed by atoms with Crippen molar-refractivity contribution in [2.24, 2.45) is 0 Å². The van der Waals surface area contributed by atoms with E-state index < -0.39 is 6.10 Å². The van der Waals surface area contributed by atoms with Crippen molar-refractivity contribution < 1.29 is 19.7 Å². The van der Waals surface area contributed by atoms with Gasteiger partial charge >= 0.3 is 0 Å². The van der Waals surface area contributed by atoms with Gasteiger partial charge in [-0.15, -0.1) is 0 Å². The minimum Gasteiger partial charge on any atom is -0.508 e. The van der Waals surface area contributed by atoms with E-state index in [1.807, 2.05) is 0 Å². The summed E-state index contributed by atoms with van der Waals surface area (Å²) in [6.45, 7) is 0. The number of ether oxygens (including phenoxy) is 1. The van der Waals surface area contributed by atoms with Gasteiger partial charge in [-0.3, -0.25) is 4.79 Å². The van der Waals surface area contributed by atoms with Crippen molar-refractivity contribution in [3.8, 4) is 17.2 Å². The van der Waals surface area contributed by atoms with Gasteiger partial charge in [-0.25, -0.2) is 0 Å². The number of ketones is 1. The van der Waals surface area contributed by atoms with E-state index in [0.717, 1.165) is 0 Å². The molecule has 19 heavy (non-hydrogen) atoms. The number of phenols is 2. The average molecular weight is 256 g/mol. The van der Waals surface area contributed by atoms with E-state index >= 15 is 0 Å². The number of aromatic hydroxyl groups is 2. The van der Waals surface area contributed by atoms with Crippen molar-refractivity contribution in [1.29, 1.82) is 0 Å². The van der Waals surface area contributed by atoms with Gasteiger partial charge in [0.15, 0.2) is 11.9 Å². The summed E-state index contributed by atoms with van der Waals surface area (Å²) in [7, 11) is 0. The third-order valence-electron chi connectivity index (χ3n) is 3.12. The Hall–Kier alpha value is -2.49. The fourth-order valence-electron chi connectivity index (χ4n) is 2.23. The van der Waals surface area contributed by atoms with Gasteiger partial charge < -0.3 is 14.9 Å². The Bertz CT molecular complexity index is 648. The smallest absolute Gasteiger partial charge is 0.182 e. The van der Waals surface area contributed by atoms with Crippen LogP contribution >= 0.6 is 0 Å². The van der Waals surface area contributed by atoms with Gasteiger partial charge in [-0.2, -0.15) is 0 Å². The molecule has 96 valence electrons. The van der Waals surface area contributed by atoms with E-state index in [0.29, 0.717) is 16.9 Å². The molecule has 3 rings (SSSR count). The van der Waals surface area contributed by atoms with E-state index in [4.69, 9.17) is 4.74 Å². The fraction of sp³-hybridized carbons (Fsp3) is 0.133. The predicted octanol–water partition coefficient (Wildman–Crippen LogP) is 2.34. The van der Waals surface area contributed by atoms with Crippen molar-refractivity contribution in [2.45, 2.75) is 12.5 Å². The van der Waals surface area contributed by atoms with Crippen LogP contribution in [0.4, 0.5) is 0 Å². The number of carbonyl (C=O) groups excluding carboxylic acids is 1. The summed E-state index contributed by atoms with van der Waals surface area (Å²) in [4.78, 5) is 12.1. The quantitative estimate of drug-likeness (QED) is 0.821. The molecule has 1 aliphatic heterocycles. The lowest BCUT2D eigenvalue weighted by Crippen LogP contribution is -2.25. The molecule has 0 fully saturated rings. The van der Waals surface area contributed by atoms with E-state index in [2.05, 4.69) is 0 Å². The Morgan fingerprint density at radius 1 is 1.05 bits per heavy atom. The Morgan fingerprint density at radius 2 is 1.84 bits per heavy atom. The second-order valence-corrected chi connectivity index (χ2v) is 4.53. The molecule has 2 aromatic rings. The first-order valence-corrected chi connectivity index (χ1v) is 5.94. The zero-order chi connectivity index (χ0) is 13.4. The Morgan fingerprint density at radius 3 is 2.63 bits per heavy atom. The maximum Gasteiger partial charge on any atom is 0.182 e. The van der Waals surface area contributed by atoms with Crippen LogP contribution in [-0.4, -0.2) is 16.0 Å². The first kappa shape index (κ1) is 11.6. The van der Waals surface area contributed by atoms with Crippen molar-refractivity contribution in [1.82, 2.24) is 0 Å². The summed E-state index contributed by atoms with van der Waals surface area (Å²) in [5.41, 5.74) is 1.31. The first-order chi connectivity index (χ1) is 9.13. The highest BCUT2D eigenvalue weighted by Crippen LogP contribution is 2.35. The number of rotatable bonds is 1. The van der Waals surface area contributed by atoms with Crippen molar-refractivity contribution in [3.05, 3.63) is 53.6 Å². The normalized spacial score (nSPS) is 17.7. The molecule has 0 bridgehead atoms. The lowest BCUT2D eigenvalue weighted by atomic mass is 9.96. The van der Waals surface area contributed by atoms with Gasteiger partial charge in [-0.1, -0.05) is 12.1 Å². The van der Waals surface area contributed by atoms with Crippen LogP contribution in [-0.2, 0) is 11.2 Å². The number of fused-ring (bicyclic) bond motifs is 1. The fourth-order valence-corrected chi connectivity index (χ4v) is 2.23. The number of phenolic OH excluding ortho intramolecular Hbond substituents is 2.